The number of fused-ring (bicyclic) bond motifs is 2. The number of carbonyl (C=O) groups is 1. The number of H-pyrrole nitrogens is 1. The molecule has 0 saturated carbocycles. The van der Waals surface area contributed by atoms with Gasteiger partial charge < -0.3 is 14.5 Å². The number of aromatic amines is 1. The van der Waals surface area contributed by atoms with Crippen molar-refractivity contribution in [3.8, 4) is 5.75 Å². The smallest absolute Gasteiger partial charge is 0.222 e. The monoisotopic (exact) mass is 465 g/mol. The van der Waals surface area contributed by atoms with Crippen molar-refractivity contribution in [2.45, 2.75) is 39.2 Å². The Morgan fingerprint density at radius 3 is 3.06 bits per heavy atom. The molecule has 0 radical (unpaired) electrons. The molecule has 4 heterocycles. The fraction of sp³-hybridized carbons (Fsp3) is 0.435. The van der Waals surface area contributed by atoms with Gasteiger partial charge in [0.25, 0.3) is 0 Å². The molecule has 0 spiro atoms. The molecule has 1 fully saturated rings. The van der Waals surface area contributed by atoms with Crippen molar-refractivity contribution in [1.29, 1.82) is 0 Å². The molecule has 0 aliphatic carbocycles. The molecule has 0 unspecified atom stereocenters. The first-order valence-electron chi connectivity index (χ1n) is 11.3. The summed E-state index contributed by atoms with van der Waals surface area (Å²) in [5.74, 6) is 1.83. The molecule has 5 rings (SSSR count). The average molecular weight is 466 g/mol. The molecule has 3 aromatic heterocycles. The van der Waals surface area contributed by atoms with Gasteiger partial charge in [-0.1, -0.05) is 18.2 Å². The van der Waals surface area contributed by atoms with Crippen molar-refractivity contribution in [3.05, 3.63) is 35.5 Å². The molecule has 4 aromatic rings. The van der Waals surface area contributed by atoms with Gasteiger partial charge in [0, 0.05) is 37.0 Å². The molecule has 9 nitrogen and oxygen atoms in total. The summed E-state index contributed by atoms with van der Waals surface area (Å²) in [4.78, 5) is 28.5. The van der Waals surface area contributed by atoms with Crippen LogP contribution in [0.1, 0.15) is 31.6 Å². The Hall–Kier alpha value is -3.27. The van der Waals surface area contributed by atoms with Crippen molar-refractivity contribution in [2.24, 2.45) is 0 Å². The first kappa shape index (κ1) is 21.6. The largest absolute Gasteiger partial charge is 0.491 e. The summed E-state index contributed by atoms with van der Waals surface area (Å²) >= 11 is 1.73. The molecular formula is C23H27N7O2S. The van der Waals surface area contributed by atoms with Crippen LogP contribution in [0.2, 0.25) is 0 Å². The number of benzene rings is 1. The van der Waals surface area contributed by atoms with Crippen molar-refractivity contribution in [3.63, 3.8) is 0 Å². The van der Waals surface area contributed by atoms with Crippen molar-refractivity contribution in [1.82, 2.24) is 30.3 Å². The van der Waals surface area contributed by atoms with Gasteiger partial charge in [0.2, 0.25) is 5.91 Å². The topological polar surface area (TPSA) is 100 Å². The van der Waals surface area contributed by atoms with E-state index in [1.807, 2.05) is 23.1 Å². The van der Waals surface area contributed by atoms with Crippen LogP contribution in [0.25, 0.3) is 21.3 Å². The zero-order chi connectivity index (χ0) is 22.8. The lowest BCUT2D eigenvalue weighted by Gasteiger charge is -2.40. The third-order valence-electron chi connectivity index (χ3n) is 6.07. The van der Waals surface area contributed by atoms with Crippen molar-refractivity contribution < 1.29 is 9.53 Å². The summed E-state index contributed by atoms with van der Waals surface area (Å²) < 4.78 is 5.85. The molecule has 1 amide bonds. The van der Waals surface area contributed by atoms with E-state index in [4.69, 9.17) is 4.74 Å². The Morgan fingerprint density at radius 1 is 1.30 bits per heavy atom. The summed E-state index contributed by atoms with van der Waals surface area (Å²) in [5.41, 5.74) is 1.55. The molecule has 1 aliphatic heterocycles. The molecule has 1 saturated heterocycles. The molecule has 1 N–H and O–H groups in total. The summed E-state index contributed by atoms with van der Waals surface area (Å²) in [6.45, 7) is 6.92. The third kappa shape index (κ3) is 4.35. The highest BCUT2D eigenvalue weighted by atomic mass is 32.1. The number of nitrogens with zero attached hydrogens (tertiary/aromatic N) is 6. The summed E-state index contributed by atoms with van der Waals surface area (Å²) in [6, 6.07) is 8.06. The lowest BCUT2D eigenvalue weighted by atomic mass is 10.1. The van der Waals surface area contributed by atoms with Crippen LogP contribution in [-0.2, 0) is 11.2 Å². The number of carbonyl (C=O) groups excluding carboxylic acids is 1. The third-order valence-corrected chi connectivity index (χ3v) is 7.26. The Morgan fingerprint density at radius 2 is 2.21 bits per heavy atom. The van der Waals surface area contributed by atoms with E-state index >= 15 is 0 Å². The van der Waals surface area contributed by atoms with Crippen LogP contribution in [0.5, 0.6) is 5.75 Å². The van der Waals surface area contributed by atoms with Crippen LogP contribution in [-0.4, -0.2) is 68.5 Å². The van der Waals surface area contributed by atoms with Crippen LogP contribution >= 0.6 is 11.3 Å². The number of anilines is 1. The van der Waals surface area contributed by atoms with E-state index in [0.29, 0.717) is 43.8 Å². The maximum absolute atomic E-state index is 12.8. The lowest BCUT2D eigenvalue weighted by molar-refractivity contribution is -0.132. The number of amides is 1. The number of thiophene rings is 1. The highest BCUT2D eigenvalue weighted by Gasteiger charge is 2.28. The quantitative estimate of drug-likeness (QED) is 0.417. The number of hydrogen-bond acceptors (Lipinski definition) is 8. The summed E-state index contributed by atoms with van der Waals surface area (Å²) in [6.07, 6.45) is 3.76. The van der Waals surface area contributed by atoms with E-state index in [-0.39, 0.29) is 11.9 Å². The molecule has 33 heavy (non-hydrogen) atoms. The number of piperazine rings is 1. The van der Waals surface area contributed by atoms with Crippen molar-refractivity contribution in [2.75, 3.05) is 31.1 Å². The average Bonchev–Trinajstić information content (AvgIpc) is 3.48. The minimum Gasteiger partial charge on any atom is -0.491 e. The van der Waals surface area contributed by atoms with Crippen LogP contribution < -0.4 is 9.64 Å². The number of ether oxygens (including phenoxy) is 1. The normalized spacial score (nSPS) is 16.6. The minimum absolute atomic E-state index is 0.168. The van der Waals surface area contributed by atoms with E-state index in [1.54, 1.807) is 17.7 Å². The second-order valence-electron chi connectivity index (χ2n) is 8.28. The number of aromatic nitrogens is 5. The van der Waals surface area contributed by atoms with Gasteiger partial charge in [-0.2, -0.15) is 0 Å². The van der Waals surface area contributed by atoms with Crippen LogP contribution in [0.3, 0.4) is 0 Å². The maximum Gasteiger partial charge on any atom is 0.222 e. The van der Waals surface area contributed by atoms with Gasteiger partial charge in [-0.3, -0.25) is 9.89 Å². The first-order valence-corrected chi connectivity index (χ1v) is 12.2. The Balaban J connectivity index is 1.15. The Kier molecular flexibility index (Phi) is 6.08. The standard InChI is InChI=1S/C23H27N7O2S/c1-3-16-12-17-22(24-14-25-23(17)33-16)30-10-9-29(13-15(30)2)20(31)8-5-11-32-19-7-4-6-18-21(19)27-28-26-18/h4,6-7,12,14-15H,3,5,8-11,13H2,1-2H3,(H,26,27,28)/t15-/m0/s1. The Bertz CT molecular complexity index is 1270. The second kappa shape index (κ2) is 9.30. The summed E-state index contributed by atoms with van der Waals surface area (Å²) in [7, 11) is 0. The van der Waals surface area contributed by atoms with Gasteiger partial charge >= 0.3 is 0 Å². The molecule has 172 valence electrons. The van der Waals surface area contributed by atoms with E-state index in [1.165, 1.54) is 4.88 Å². The SMILES string of the molecule is CCc1cc2c(N3CCN(C(=O)CCCOc4cccc5[nH]nnc45)C[C@@H]3C)ncnc2s1. The molecule has 0 bridgehead atoms. The molecule has 10 heteroatoms. The fourth-order valence-electron chi connectivity index (χ4n) is 4.32. The zero-order valence-electron chi connectivity index (χ0n) is 18.8. The van der Waals surface area contributed by atoms with E-state index in [0.717, 1.165) is 34.5 Å². The molecule has 1 aromatic carbocycles. The van der Waals surface area contributed by atoms with E-state index < -0.39 is 0 Å². The molecule has 1 aliphatic rings. The second-order valence-corrected chi connectivity index (χ2v) is 9.40. The summed E-state index contributed by atoms with van der Waals surface area (Å²) in [5, 5.41) is 11.8. The van der Waals surface area contributed by atoms with Gasteiger partial charge in [0.15, 0.2) is 5.52 Å². The maximum atomic E-state index is 12.8. The predicted molar refractivity (Wildman–Crippen MR) is 129 cm³/mol. The fourth-order valence-corrected chi connectivity index (χ4v) is 5.25. The number of nitrogens with one attached hydrogen (secondary N) is 1. The van der Waals surface area contributed by atoms with Gasteiger partial charge in [-0.25, -0.2) is 9.97 Å². The van der Waals surface area contributed by atoms with Crippen LogP contribution in [0.15, 0.2) is 30.6 Å². The van der Waals surface area contributed by atoms with Crippen molar-refractivity contribution >= 4 is 44.3 Å². The predicted octanol–water partition coefficient (Wildman–Crippen LogP) is 3.42. The number of aryl methyl sites for hydroxylation is 1. The molecule has 1 atom stereocenters. The van der Waals surface area contributed by atoms with Gasteiger partial charge in [0.1, 0.15) is 22.7 Å². The van der Waals surface area contributed by atoms with Crippen LogP contribution in [0, 0.1) is 0 Å². The van der Waals surface area contributed by atoms with Gasteiger partial charge in [0.05, 0.1) is 17.5 Å². The van der Waals surface area contributed by atoms with E-state index in [2.05, 4.69) is 50.2 Å². The first-order chi connectivity index (χ1) is 16.1. The Labute approximate surface area is 195 Å². The highest BCUT2D eigenvalue weighted by Crippen LogP contribution is 2.32. The van der Waals surface area contributed by atoms with Gasteiger partial charge in [-0.15, -0.1) is 16.4 Å². The van der Waals surface area contributed by atoms with Crippen LogP contribution in [0.4, 0.5) is 5.82 Å². The lowest BCUT2D eigenvalue weighted by Crippen LogP contribution is -2.54. The number of hydrogen-bond donors (Lipinski definition) is 1. The van der Waals surface area contributed by atoms with Gasteiger partial charge in [-0.05, 0) is 38.0 Å². The molecular weight excluding hydrogens is 438 g/mol. The number of rotatable bonds is 7. The highest BCUT2D eigenvalue weighted by molar-refractivity contribution is 7.18. The van der Waals surface area contributed by atoms with E-state index in [9.17, 15) is 4.79 Å². The zero-order valence-corrected chi connectivity index (χ0v) is 19.6. The minimum atomic E-state index is 0.168.